The van der Waals surface area contributed by atoms with Gasteiger partial charge in [0, 0.05) is 42.7 Å². The molecule has 0 unspecified atom stereocenters. The Kier molecular flexibility index (Phi) is 9.08. The van der Waals surface area contributed by atoms with Gasteiger partial charge in [0.2, 0.25) is 11.8 Å². The molecule has 4 N–H and O–H groups in total. The summed E-state index contributed by atoms with van der Waals surface area (Å²) in [5.41, 5.74) is 0.156. The molecule has 6 rings (SSSR count). The van der Waals surface area contributed by atoms with Crippen molar-refractivity contribution in [2.24, 2.45) is 5.92 Å². The highest BCUT2D eigenvalue weighted by Crippen LogP contribution is 2.47. The summed E-state index contributed by atoms with van der Waals surface area (Å²) in [7, 11) is 3.35. The van der Waals surface area contributed by atoms with Gasteiger partial charge in [-0.2, -0.15) is 0 Å². The number of nitrogens with zero attached hydrogens (tertiary/aromatic N) is 4. The number of urea groups is 1. The van der Waals surface area contributed by atoms with Crippen molar-refractivity contribution >= 4 is 39.2 Å². The summed E-state index contributed by atoms with van der Waals surface area (Å²) < 4.78 is 12.1. The van der Waals surface area contributed by atoms with E-state index in [1.54, 1.807) is 19.1 Å². The lowest BCUT2D eigenvalue weighted by molar-refractivity contribution is -0.132. The molecule has 12 nitrogen and oxygen atoms in total. The zero-order valence-corrected chi connectivity index (χ0v) is 27.4. The molecule has 46 heavy (non-hydrogen) atoms. The third-order valence-corrected chi connectivity index (χ3v) is 9.73. The average molecular weight is 651 g/mol. The molecule has 3 aromatic rings. The summed E-state index contributed by atoms with van der Waals surface area (Å²) in [5.74, 6) is 0.439. The second-order valence-electron chi connectivity index (χ2n) is 12.7. The van der Waals surface area contributed by atoms with E-state index in [0.717, 1.165) is 35.2 Å². The number of fused-ring (bicyclic) bond motifs is 3. The van der Waals surface area contributed by atoms with Gasteiger partial charge in [0.15, 0.2) is 11.4 Å². The molecule has 2 aromatic heterocycles. The number of methoxy groups -OCH3 is 1. The highest BCUT2D eigenvalue weighted by molar-refractivity contribution is 7.14. The Bertz CT molecular complexity index is 1630. The monoisotopic (exact) mass is 650 g/mol. The molecule has 4 heterocycles. The van der Waals surface area contributed by atoms with Gasteiger partial charge in [-0.3, -0.25) is 4.79 Å². The maximum atomic E-state index is 13.8. The number of anilines is 1. The molecule has 3 aliphatic rings. The fourth-order valence-electron chi connectivity index (χ4n) is 6.31. The molecule has 2 aliphatic heterocycles. The third kappa shape index (κ3) is 6.49. The molecule has 3 amide bonds. The largest absolute Gasteiger partial charge is 0.497 e. The smallest absolute Gasteiger partial charge is 0.320 e. The van der Waals surface area contributed by atoms with Crippen LogP contribution in [0.5, 0.6) is 11.6 Å². The number of ether oxygens (including phenoxy) is 2. The summed E-state index contributed by atoms with van der Waals surface area (Å²) in [6.07, 6.45) is 4.87. The number of benzene rings is 1. The molecule has 1 aromatic carbocycles. The average Bonchev–Trinajstić information content (AvgIpc) is 3.31. The molecule has 1 saturated heterocycles. The first-order valence-corrected chi connectivity index (χ1v) is 16.7. The van der Waals surface area contributed by atoms with E-state index in [1.165, 1.54) is 16.2 Å². The van der Waals surface area contributed by atoms with Crippen LogP contribution in [0.25, 0.3) is 22.2 Å². The molecule has 1 saturated carbocycles. The van der Waals surface area contributed by atoms with Gasteiger partial charge >= 0.3 is 6.03 Å². The second kappa shape index (κ2) is 13.0. The predicted octanol–water partition coefficient (Wildman–Crippen LogP) is 3.99. The fourth-order valence-corrected chi connectivity index (χ4v) is 7.16. The molecule has 4 atom stereocenters. The highest BCUT2D eigenvalue weighted by Gasteiger charge is 2.60. The minimum absolute atomic E-state index is 0.169. The fraction of sp³-hybridized carbons (Fsp3) is 0.515. The van der Waals surface area contributed by atoms with Gasteiger partial charge < -0.3 is 40.1 Å². The molecule has 2 fully saturated rings. The lowest BCUT2D eigenvalue weighted by atomic mass is 10.1. The minimum atomic E-state index is -1.73. The number of nitrogens with one attached hydrogen (secondary N) is 2. The number of carbonyl (C=O) groups excluding carboxylic acids is 2. The van der Waals surface area contributed by atoms with Crippen molar-refractivity contribution in [2.45, 2.75) is 76.0 Å². The van der Waals surface area contributed by atoms with Crippen LogP contribution in [0.1, 0.15) is 46.0 Å². The van der Waals surface area contributed by atoms with Crippen molar-refractivity contribution in [3.05, 3.63) is 41.8 Å². The van der Waals surface area contributed by atoms with E-state index in [9.17, 15) is 19.8 Å². The number of amides is 3. The van der Waals surface area contributed by atoms with Crippen LogP contribution in [0.3, 0.4) is 0 Å². The number of allylic oxidation sites excluding steroid dienone is 1. The van der Waals surface area contributed by atoms with Crippen LogP contribution in [-0.2, 0) is 4.79 Å². The Balaban J connectivity index is 1.31. The van der Waals surface area contributed by atoms with Crippen molar-refractivity contribution in [3.63, 3.8) is 0 Å². The van der Waals surface area contributed by atoms with Crippen LogP contribution < -0.4 is 20.1 Å². The topological polar surface area (TPSA) is 149 Å². The van der Waals surface area contributed by atoms with Gasteiger partial charge in [0.1, 0.15) is 23.6 Å². The van der Waals surface area contributed by atoms with E-state index in [-0.39, 0.29) is 31.0 Å². The molecule has 246 valence electrons. The number of hydrogen-bond acceptors (Lipinski definition) is 10. The number of hydrogen-bond donors (Lipinski definition) is 4. The number of thiazole rings is 1. The Labute approximate surface area is 272 Å². The Morgan fingerprint density at radius 1 is 1.15 bits per heavy atom. The SMILES string of the molecule is COc1ccc2c(O[C@@H]3C[C@H]4C(=O)N[C@]5(C(O)O)C[C@H]5/C=C\CCCCN(C)C(=O)N4C3)nc(-c3csc(NC(C)C)n3)cc2c1. The van der Waals surface area contributed by atoms with Crippen molar-refractivity contribution in [2.75, 3.05) is 32.6 Å². The summed E-state index contributed by atoms with van der Waals surface area (Å²) in [5, 5.41) is 31.1. The summed E-state index contributed by atoms with van der Waals surface area (Å²) >= 11 is 1.50. The van der Waals surface area contributed by atoms with E-state index >= 15 is 0 Å². The van der Waals surface area contributed by atoms with Crippen molar-refractivity contribution in [1.29, 1.82) is 0 Å². The van der Waals surface area contributed by atoms with Crippen LogP contribution in [0.2, 0.25) is 0 Å². The number of aliphatic hydroxyl groups is 2. The predicted molar refractivity (Wildman–Crippen MR) is 176 cm³/mol. The number of carbonyl (C=O) groups is 2. The summed E-state index contributed by atoms with van der Waals surface area (Å²) in [4.78, 5) is 40.3. The summed E-state index contributed by atoms with van der Waals surface area (Å²) in [6, 6.07) is 6.69. The van der Waals surface area contributed by atoms with Gasteiger partial charge in [0.05, 0.1) is 24.9 Å². The van der Waals surface area contributed by atoms with Gasteiger partial charge in [-0.1, -0.05) is 12.2 Å². The number of rotatable bonds is 7. The Morgan fingerprint density at radius 2 is 1.98 bits per heavy atom. The quantitative estimate of drug-likeness (QED) is 0.220. The first-order valence-electron chi connectivity index (χ1n) is 15.8. The van der Waals surface area contributed by atoms with E-state index in [2.05, 4.69) is 24.5 Å². The molecule has 0 spiro atoms. The lowest BCUT2D eigenvalue weighted by Gasteiger charge is -2.30. The maximum absolute atomic E-state index is 13.8. The third-order valence-electron chi connectivity index (χ3n) is 8.96. The maximum Gasteiger partial charge on any atom is 0.320 e. The number of pyridine rings is 1. The zero-order chi connectivity index (χ0) is 32.6. The van der Waals surface area contributed by atoms with Crippen LogP contribution >= 0.6 is 11.3 Å². The molecule has 0 radical (unpaired) electrons. The Morgan fingerprint density at radius 3 is 2.74 bits per heavy atom. The van der Waals surface area contributed by atoms with Crippen LogP contribution in [0.15, 0.2) is 41.8 Å². The minimum Gasteiger partial charge on any atom is -0.497 e. The van der Waals surface area contributed by atoms with Gasteiger partial charge in [-0.15, -0.1) is 11.3 Å². The molecule has 13 heteroatoms. The van der Waals surface area contributed by atoms with Gasteiger partial charge in [-0.05, 0) is 69.2 Å². The molecule has 1 aliphatic carbocycles. The standard InChI is InChI=1S/C33H42N6O6S/c1-19(2)34-31-36-26(18-46-31)25-14-20-13-22(44-4)10-11-24(20)29(35-25)45-23-15-27-28(40)37-33(30(41)42)16-21(33)9-7-5-6-8-12-38(3)32(43)39(27)17-23/h7,9-11,13-14,18-19,21,23,27,30,41-42H,5-6,8,12,15-17H2,1-4H3,(H,34,36)(H,37,40)/b9-7-/t21-,23-,27+,33-/m1/s1. The van der Waals surface area contributed by atoms with E-state index in [4.69, 9.17) is 19.4 Å². The van der Waals surface area contributed by atoms with Crippen LogP contribution in [0.4, 0.5) is 9.93 Å². The molecular weight excluding hydrogens is 608 g/mol. The zero-order valence-electron chi connectivity index (χ0n) is 26.6. The number of aromatic nitrogens is 2. The Hall–Kier alpha value is -3.94. The van der Waals surface area contributed by atoms with Crippen molar-refractivity contribution < 1.29 is 29.3 Å². The van der Waals surface area contributed by atoms with Gasteiger partial charge in [0.25, 0.3) is 0 Å². The van der Waals surface area contributed by atoms with Crippen LogP contribution in [0, 0.1) is 5.92 Å². The first-order chi connectivity index (χ1) is 22.1. The van der Waals surface area contributed by atoms with E-state index in [0.29, 0.717) is 36.0 Å². The van der Waals surface area contributed by atoms with Crippen LogP contribution in [-0.4, -0.2) is 99.2 Å². The highest BCUT2D eigenvalue weighted by atomic mass is 32.1. The van der Waals surface area contributed by atoms with E-state index < -0.39 is 29.9 Å². The van der Waals surface area contributed by atoms with Crippen molar-refractivity contribution in [3.8, 4) is 23.0 Å². The molecular formula is C33H42N6O6S. The second-order valence-corrected chi connectivity index (χ2v) is 13.6. The normalized spacial score (nSPS) is 26.0. The van der Waals surface area contributed by atoms with Gasteiger partial charge in [-0.25, -0.2) is 14.8 Å². The van der Waals surface area contributed by atoms with E-state index in [1.807, 2.05) is 41.8 Å². The lowest BCUT2D eigenvalue weighted by Crippen LogP contribution is -2.55. The van der Waals surface area contributed by atoms with Crippen molar-refractivity contribution in [1.82, 2.24) is 25.1 Å². The molecule has 0 bridgehead atoms. The first kappa shape index (κ1) is 32.0. The summed E-state index contributed by atoms with van der Waals surface area (Å²) in [6.45, 7) is 4.83. The number of aliphatic hydroxyl groups excluding tert-OH is 1.